The number of carbonyl (C=O) groups is 1. The maximum atomic E-state index is 12.4. The van der Waals surface area contributed by atoms with Crippen LogP contribution in [0.4, 0.5) is 11.5 Å². The van der Waals surface area contributed by atoms with Gasteiger partial charge >= 0.3 is 0 Å². The number of anilines is 2. The molecule has 2 aliphatic rings. The maximum Gasteiger partial charge on any atom is 0.276 e. The molecule has 1 fully saturated rings. The number of nitrogens with one attached hydrogen (secondary N) is 2. The molecule has 7 nitrogen and oxygen atoms in total. The second-order valence-electron chi connectivity index (χ2n) is 6.42. The van der Waals surface area contributed by atoms with E-state index in [1.165, 1.54) is 0 Å². The van der Waals surface area contributed by atoms with Gasteiger partial charge in [0.1, 0.15) is 11.9 Å². The van der Waals surface area contributed by atoms with Crippen LogP contribution < -0.4 is 20.3 Å². The molecule has 2 aliphatic heterocycles. The van der Waals surface area contributed by atoms with Crippen LogP contribution in [-0.4, -0.2) is 48.4 Å². The van der Waals surface area contributed by atoms with Gasteiger partial charge in [0.05, 0.1) is 0 Å². The molecule has 25 heavy (non-hydrogen) atoms. The minimum Gasteiger partial charge on any atom is -0.490 e. The van der Waals surface area contributed by atoms with Crippen molar-refractivity contribution in [2.24, 2.45) is 0 Å². The molecule has 2 N–H and O–H groups in total. The van der Waals surface area contributed by atoms with E-state index in [9.17, 15) is 4.79 Å². The molecular weight excluding hydrogens is 318 g/mol. The molecule has 3 heterocycles. The third-order valence-electron chi connectivity index (χ3n) is 4.48. The van der Waals surface area contributed by atoms with Crippen LogP contribution >= 0.6 is 0 Å². The van der Waals surface area contributed by atoms with Crippen LogP contribution in [0.15, 0.2) is 30.3 Å². The van der Waals surface area contributed by atoms with Crippen LogP contribution in [0.5, 0.6) is 5.75 Å². The van der Waals surface area contributed by atoms with Crippen molar-refractivity contribution in [3.63, 3.8) is 0 Å². The molecule has 1 aromatic heterocycles. The molecular formula is C18H21N5O2. The number of aromatic nitrogens is 2. The molecule has 130 valence electrons. The predicted molar refractivity (Wildman–Crippen MR) is 95.3 cm³/mol. The summed E-state index contributed by atoms with van der Waals surface area (Å²) in [4.78, 5) is 14.6. The van der Waals surface area contributed by atoms with Crippen LogP contribution in [0, 0.1) is 0 Å². The summed E-state index contributed by atoms with van der Waals surface area (Å²) in [6.07, 6.45) is 1.04. The first kappa shape index (κ1) is 15.8. The number of amides is 1. The van der Waals surface area contributed by atoms with Crippen molar-refractivity contribution in [2.45, 2.75) is 19.4 Å². The number of hydrogen-bond acceptors (Lipinski definition) is 6. The van der Waals surface area contributed by atoms with Gasteiger partial charge in [-0.3, -0.25) is 4.79 Å². The fourth-order valence-electron chi connectivity index (χ4n) is 3.20. The Morgan fingerprint density at radius 3 is 2.84 bits per heavy atom. The molecule has 7 heteroatoms. The molecule has 1 unspecified atom stereocenters. The van der Waals surface area contributed by atoms with Gasteiger partial charge in [0.2, 0.25) is 0 Å². The Kier molecular flexibility index (Phi) is 4.23. The van der Waals surface area contributed by atoms with Crippen molar-refractivity contribution in [3.05, 3.63) is 41.6 Å². The highest BCUT2D eigenvalue weighted by Crippen LogP contribution is 2.31. The Balaban J connectivity index is 1.43. The van der Waals surface area contributed by atoms with Crippen molar-refractivity contribution < 1.29 is 9.53 Å². The van der Waals surface area contributed by atoms with Gasteiger partial charge in [-0.2, -0.15) is 0 Å². The van der Waals surface area contributed by atoms with E-state index in [1.54, 1.807) is 6.07 Å². The largest absolute Gasteiger partial charge is 0.490 e. The Bertz CT molecular complexity index is 772. The normalized spacial score (nSPS) is 19.2. The van der Waals surface area contributed by atoms with Crippen LogP contribution in [-0.2, 0) is 6.42 Å². The Morgan fingerprint density at radius 1 is 1.24 bits per heavy atom. The van der Waals surface area contributed by atoms with Crippen molar-refractivity contribution in [2.75, 3.05) is 36.4 Å². The van der Waals surface area contributed by atoms with E-state index in [-0.39, 0.29) is 12.0 Å². The molecule has 1 saturated heterocycles. The van der Waals surface area contributed by atoms with Crippen molar-refractivity contribution in [1.82, 2.24) is 15.5 Å². The monoisotopic (exact) mass is 339 g/mol. The zero-order valence-corrected chi connectivity index (χ0v) is 14.2. The Hall–Kier alpha value is -2.67. The molecule has 1 atom stereocenters. The number of piperazine rings is 1. The number of hydrogen-bond donors (Lipinski definition) is 2. The van der Waals surface area contributed by atoms with E-state index in [0.29, 0.717) is 5.69 Å². The highest BCUT2D eigenvalue weighted by atomic mass is 16.5. The van der Waals surface area contributed by atoms with E-state index in [0.717, 1.165) is 55.4 Å². The lowest BCUT2D eigenvalue weighted by Gasteiger charge is -2.27. The molecule has 0 aliphatic carbocycles. The summed E-state index contributed by atoms with van der Waals surface area (Å²) < 4.78 is 5.68. The molecule has 0 spiro atoms. The van der Waals surface area contributed by atoms with Crippen molar-refractivity contribution in [3.8, 4) is 5.75 Å². The summed E-state index contributed by atoms with van der Waals surface area (Å²) in [5.74, 6) is 1.44. The van der Waals surface area contributed by atoms with Gasteiger partial charge in [0, 0.05) is 38.3 Å². The summed E-state index contributed by atoms with van der Waals surface area (Å²) in [6.45, 7) is 5.70. The maximum absolute atomic E-state index is 12.4. The highest BCUT2D eigenvalue weighted by Gasteiger charge is 2.20. The fourth-order valence-corrected chi connectivity index (χ4v) is 3.20. The van der Waals surface area contributed by atoms with Crippen molar-refractivity contribution in [1.29, 1.82) is 0 Å². The van der Waals surface area contributed by atoms with E-state index in [1.807, 2.05) is 31.2 Å². The average molecular weight is 339 g/mol. The van der Waals surface area contributed by atoms with Crippen LogP contribution in [0.3, 0.4) is 0 Å². The number of ether oxygens (including phenoxy) is 1. The summed E-state index contributed by atoms with van der Waals surface area (Å²) >= 11 is 0. The minimum atomic E-state index is -0.258. The van der Waals surface area contributed by atoms with E-state index in [4.69, 9.17) is 4.74 Å². The predicted octanol–water partition coefficient (Wildman–Crippen LogP) is 1.46. The summed E-state index contributed by atoms with van der Waals surface area (Å²) in [7, 11) is 0. The minimum absolute atomic E-state index is 0.185. The average Bonchev–Trinajstić information content (AvgIpc) is 3.02. The zero-order chi connectivity index (χ0) is 17.2. The SMILES string of the molecule is CC1Cc2cc(NC(=O)c3ccc(N4CCNCC4)nn3)ccc2O1. The van der Waals surface area contributed by atoms with Crippen LogP contribution in [0.1, 0.15) is 23.0 Å². The van der Waals surface area contributed by atoms with Gasteiger partial charge in [-0.15, -0.1) is 10.2 Å². The molecule has 1 aromatic carbocycles. The number of benzene rings is 1. The summed E-state index contributed by atoms with van der Waals surface area (Å²) in [5.41, 5.74) is 2.17. The number of carbonyl (C=O) groups excluding carboxylic acids is 1. The summed E-state index contributed by atoms with van der Waals surface area (Å²) in [5, 5.41) is 14.5. The first-order valence-corrected chi connectivity index (χ1v) is 8.59. The summed E-state index contributed by atoms with van der Waals surface area (Å²) in [6, 6.07) is 9.27. The first-order valence-electron chi connectivity index (χ1n) is 8.59. The zero-order valence-electron chi connectivity index (χ0n) is 14.2. The second-order valence-corrected chi connectivity index (χ2v) is 6.42. The van der Waals surface area contributed by atoms with E-state index < -0.39 is 0 Å². The number of rotatable bonds is 3. The Labute approximate surface area is 146 Å². The third kappa shape index (κ3) is 3.41. The molecule has 0 saturated carbocycles. The number of fused-ring (bicyclic) bond motifs is 1. The fraction of sp³-hybridized carbons (Fsp3) is 0.389. The molecule has 2 aromatic rings. The molecule has 4 rings (SSSR count). The van der Waals surface area contributed by atoms with Crippen LogP contribution in [0.25, 0.3) is 0 Å². The molecule has 0 bridgehead atoms. The van der Waals surface area contributed by atoms with Gasteiger partial charge in [-0.05, 0) is 42.8 Å². The molecule has 0 radical (unpaired) electrons. The first-order chi connectivity index (χ1) is 12.2. The quantitative estimate of drug-likeness (QED) is 0.881. The van der Waals surface area contributed by atoms with E-state index in [2.05, 4.69) is 25.7 Å². The Morgan fingerprint density at radius 2 is 2.08 bits per heavy atom. The van der Waals surface area contributed by atoms with E-state index >= 15 is 0 Å². The van der Waals surface area contributed by atoms with Crippen LogP contribution in [0.2, 0.25) is 0 Å². The van der Waals surface area contributed by atoms with Gasteiger partial charge in [0.25, 0.3) is 5.91 Å². The second kappa shape index (κ2) is 6.68. The topological polar surface area (TPSA) is 79.4 Å². The van der Waals surface area contributed by atoms with Crippen molar-refractivity contribution >= 4 is 17.4 Å². The highest BCUT2D eigenvalue weighted by molar-refractivity contribution is 6.02. The van der Waals surface area contributed by atoms with Gasteiger partial charge in [0.15, 0.2) is 11.5 Å². The van der Waals surface area contributed by atoms with Gasteiger partial charge in [-0.1, -0.05) is 0 Å². The van der Waals surface area contributed by atoms with Gasteiger partial charge < -0.3 is 20.3 Å². The third-order valence-corrected chi connectivity index (χ3v) is 4.48. The standard InChI is InChI=1S/C18H21N5O2/c1-12-10-13-11-14(2-4-16(13)25-12)20-18(24)15-3-5-17(22-21-15)23-8-6-19-7-9-23/h2-5,11-12,19H,6-10H2,1H3,(H,20,24). The molecule has 1 amide bonds. The smallest absolute Gasteiger partial charge is 0.276 e. The lowest BCUT2D eigenvalue weighted by molar-refractivity contribution is 0.102. The lowest BCUT2D eigenvalue weighted by atomic mass is 10.1. The number of nitrogens with zero attached hydrogens (tertiary/aromatic N) is 3. The van der Waals surface area contributed by atoms with Gasteiger partial charge in [-0.25, -0.2) is 0 Å². The lowest BCUT2D eigenvalue weighted by Crippen LogP contribution is -2.44.